The van der Waals surface area contributed by atoms with Gasteiger partial charge in [-0.25, -0.2) is 0 Å². The van der Waals surface area contributed by atoms with Crippen LogP contribution in [0.4, 0.5) is 0 Å². The third-order valence-electron chi connectivity index (χ3n) is 2.71. The minimum atomic E-state index is -0.502. The SMILES string of the molecule is CN(Cc1ccc(Br)o1)CC(O)COCc1cccs1. The van der Waals surface area contributed by atoms with Gasteiger partial charge in [-0.05, 0) is 46.6 Å². The highest BCUT2D eigenvalue weighted by Crippen LogP contribution is 2.15. The standard InChI is InChI=1S/C14H18BrNO3S/c1-16(8-12-4-5-14(15)19-12)7-11(17)9-18-10-13-3-2-6-20-13/h2-6,11,17H,7-10H2,1H3. The van der Waals surface area contributed by atoms with Gasteiger partial charge in [-0.3, -0.25) is 4.90 Å². The van der Waals surface area contributed by atoms with Gasteiger partial charge >= 0.3 is 0 Å². The number of aliphatic hydroxyl groups is 1. The quantitative estimate of drug-likeness (QED) is 0.786. The Labute approximate surface area is 131 Å². The first-order valence-electron chi connectivity index (χ1n) is 6.34. The molecule has 2 aromatic heterocycles. The molecule has 0 fully saturated rings. The van der Waals surface area contributed by atoms with Crippen LogP contribution in [0.25, 0.3) is 0 Å². The first kappa shape index (κ1) is 15.7. The number of likely N-dealkylation sites (N-methyl/N-ethyl adjacent to an activating group) is 1. The van der Waals surface area contributed by atoms with E-state index in [1.54, 1.807) is 11.3 Å². The molecule has 1 atom stereocenters. The lowest BCUT2D eigenvalue weighted by Gasteiger charge is -2.19. The summed E-state index contributed by atoms with van der Waals surface area (Å²) in [6.07, 6.45) is -0.502. The van der Waals surface area contributed by atoms with Crippen molar-refractivity contribution >= 4 is 27.3 Å². The van der Waals surface area contributed by atoms with E-state index in [1.807, 2.05) is 41.6 Å². The summed E-state index contributed by atoms with van der Waals surface area (Å²) in [5, 5.41) is 11.9. The average molecular weight is 360 g/mol. The fourth-order valence-corrected chi connectivity index (χ4v) is 2.85. The van der Waals surface area contributed by atoms with Gasteiger partial charge in [-0.2, -0.15) is 0 Å². The second kappa shape index (κ2) is 7.95. The van der Waals surface area contributed by atoms with Crippen molar-refractivity contribution in [1.29, 1.82) is 0 Å². The van der Waals surface area contributed by atoms with E-state index in [9.17, 15) is 5.11 Å². The molecular formula is C14H18BrNO3S. The van der Waals surface area contributed by atoms with Crippen LogP contribution in [0.3, 0.4) is 0 Å². The Bertz CT molecular complexity index is 500. The van der Waals surface area contributed by atoms with E-state index in [0.29, 0.717) is 26.3 Å². The van der Waals surface area contributed by atoms with Crippen molar-refractivity contribution in [2.24, 2.45) is 0 Å². The smallest absolute Gasteiger partial charge is 0.169 e. The molecular weight excluding hydrogens is 342 g/mol. The zero-order valence-corrected chi connectivity index (χ0v) is 13.7. The highest BCUT2D eigenvalue weighted by Gasteiger charge is 2.11. The van der Waals surface area contributed by atoms with Crippen molar-refractivity contribution in [3.63, 3.8) is 0 Å². The van der Waals surface area contributed by atoms with Crippen LogP contribution < -0.4 is 0 Å². The Balaban J connectivity index is 1.64. The molecule has 0 aliphatic carbocycles. The van der Waals surface area contributed by atoms with Crippen LogP contribution in [0.1, 0.15) is 10.6 Å². The number of nitrogens with zero attached hydrogens (tertiary/aromatic N) is 1. The molecule has 1 unspecified atom stereocenters. The van der Waals surface area contributed by atoms with Crippen LogP contribution >= 0.6 is 27.3 Å². The molecule has 1 N–H and O–H groups in total. The first-order chi connectivity index (χ1) is 9.63. The van der Waals surface area contributed by atoms with Gasteiger partial charge in [-0.15, -0.1) is 11.3 Å². The summed E-state index contributed by atoms with van der Waals surface area (Å²) in [6.45, 7) is 2.10. The van der Waals surface area contributed by atoms with Crippen molar-refractivity contribution < 1.29 is 14.3 Å². The highest BCUT2D eigenvalue weighted by atomic mass is 79.9. The summed E-state index contributed by atoms with van der Waals surface area (Å²) < 4.78 is 11.7. The second-order valence-corrected chi connectivity index (χ2v) is 6.46. The van der Waals surface area contributed by atoms with Crippen LogP contribution in [-0.4, -0.2) is 36.3 Å². The number of rotatable bonds is 8. The fourth-order valence-electron chi connectivity index (χ4n) is 1.87. The lowest BCUT2D eigenvalue weighted by Crippen LogP contribution is -2.31. The maximum atomic E-state index is 9.93. The zero-order valence-electron chi connectivity index (χ0n) is 11.3. The fraction of sp³-hybridized carbons (Fsp3) is 0.429. The van der Waals surface area contributed by atoms with E-state index in [2.05, 4.69) is 15.9 Å². The number of hydrogen-bond donors (Lipinski definition) is 1. The Morgan fingerprint density at radius 1 is 1.45 bits per heavy atom. The van der Waals surface area contributed by atoms with Gasteiger partial charge in [0.15, 0.2) is 4.67 Å². The molecule has 0 amide bonds. The van der Waals surface area contributed by atoms with Gasteiger partial charge in [-0.1, -0.05) is 6.07 Å². The largest absolute Gasteiger partial charge is 0.453 e. The van der Waals surface area contributed by atoms with Crippen LogP contribution in [0, 0.1) is 0 Å². The Morgan fingerprint density at radius 3 is 2.95 bits per heavy atom. The number of furan rings is 1. The summed E-state index contributed by atoms with van der Waals surface area (Å²) in [6, 6.07) is 7.80. The van der Waals surface area contributed by atoms with Crippen molar-refractivity contribution in [1.82, 2.24) is 4.90 Å². The van der Waals surface area contributed by atoms with Gasteiger partial charge in [0.2, 0.25) is 0 Å². The van der Waals surface area contributed by atoms with Gasteiger partial charge in [0.25, 0.3) is 0 Å². The molecule has 0 bridgehead atoms. The molecule has 2 heterocycles. The molecule has 2 rings (SSSR count). The average Bonchev–Trinajstić information content (AvgIpc) is 3.01. The predicted molar refractivity (Wildman–Crippen MR) is 82.7 cm³/mol. The molecule has 0 saturated heterocycles. The molecule has 2 aromatic rings. The van der Waals surface area contributed by atoms with Crippen LogP contribution in [0.2, 0.25) is 0 Å². The molecule has 20 heavy (non-hydrogen) atoms. The number of aliphatic hydroxyl groups excluding tert-OH is 1. The van der Waals surface area contributed by atoms with Crippen LogP contribution in [0.15, 0.2) is 38.7 Å². The third-order valence-corrected chi connectivity index (χ3v) is 3.99. The van der Waals surface area contributed by atoms with Gasteiger partial charge in [0.05, 0.1) is 25.9 Å². The molecule has 110 valence electrons. The van der Waals surface area contributed by atoms with Gasteiger partial charge in [0, 0.05) is 11.4 Å². The Morgan fingerprint density at radius 2 is 2.30 bits per heavy atom. The van der Waals surface area contributed by atoms with Gasteiger partial charge < -0.3 is 14.3 Å². The van der Waals surface area contributed by atoms with Crippen LogP contribution in [-0.2, 0) is 17.9 Å². The molecule has 6 heteroatoms. The maximum Gasteiger partial charge on any atom is 0.169 e. The third kappa shape index (κ3) is 5.38. The molecule has 0 aromatic carbocycles. The molecule has 0 aliphatic heterocycles. The lowest BCUT2D eigenvalue weighted by molar-refractivity contribution is 0.0127. The van der Waals surface area contributed by atoms with E-state index in [4.69, 9.17) is 9.15 Å². The second-order valence-electron chi connectivity index (χ2n) is 4.65. The normalized spacial score (nSPS) is 13.0. The maximum absolute atomic E-state index is 9.93. The summed E-state index contributed by atoms with van der Waals surface area (Å²) >= 11 is 4.93. The molecule has 0 radical (unpaired) electrons. The minimum absolute atomic E-state index is 0.337. The van der Waals surface area contributed by atoms with E-state index in [1.165, 1.54) is 4.88 Å². The van der Waals surface area contributed by atoms with E-state index in [0.717, 1.165) is 10.4 Å². The number of thiophene rings is 1. The first-order valence-corrected chi connectivity index (χ1v) is 8.01. The number of hydrogen-bond acceptors (Lipinski definition) is 5. The van der Waals surface area contributed by atoms with Crippen LogP contribution in [0.5, 0.6) is 0 Å². The predicted octanol–water partition coefficient (Wildman–Crippen LogP) is 3.11. The van der Waals surface area contributed by atoms with Crippen molar-refractivity contribution in [2.75, 3.05) is 20.2 Å². The monoisotopic (exact) mass is 359 g/mol. The zero-order chi connectivity index (χ0) is 14.4. The highest BCUT2D eigenvalue weighted by molar-refractivity contribution is 9.10. The molecule has 0 spiro atoms. The molecule has 4 nitrogen and oxygen atoms in total. The van der Waals surface area contributed by atoms with Crippen molar-refractivity contribution in [3.05, 3.63) is 45.0 Å². The summed E-state index contributed by atoms with van der Waals surface area (Å²) in [7, 11) is 1.94. The van der Waals surface area contributed by atoms with Crippen molar-refractivity contribution in [3.8, 4) is 0 Å². The van der Waals surface area contributed by atoms with E-state index in [-0.39, 0.29) is 0 Å². The van der Waals surface area contributed by atoms with Crippen molar-refractivity contribution in [2.45, 2.75) is 19.3 Å². The summed E-state index contributed by atoms with van der Waals surface area (Å²) in [5.74, 6) is 0.867. The minimum Gasteiger partial charge on any atom is -0.453 e. The Hall–Kier alpha value is -0.660. The van der Waals surface area contributed by atoms with Gasteiger partial charge in [0.1, 0.15) is 5.76 Å². The topological polar surface area (TPSA) is 45.8 Å². The summed E-state index contributed by atoms with van der Waals surface area (Å²) in [5.41, 5.74) is 0. The number of ether oxygens (including phenoxy) is 1. The summed E-state index contributed by atoms with van der Waals surface area (Å²) in [4.78, 5) is 3.18. The van der Waals surface area contributed by atoms with E-state index < -0.39 is 6.10 Å². The van der Waals surface area contributed by atoms with E-state index >= 15 is 0 Å². The molecule has 0 aliphatic rings. The lowest BCUT2D eigenvalue weighted by atomic mass is 10.3. The number of halogens is 1. The Kier molecular flexibility index (Phi) is 6.25. The molecule has 0 saturated carbocycles.